The second-order valence-corrected chi connectivity index (χ2v) is 7.90. The summed E-state index contributed by atoms with van der Waals surface area (Å²) in [5.41, 5.74) is 0.218. The summed E-state index contributed by atoms with van der Waals surface area (Å²) in [6.07, 6.45) is 9.31. The molecule has 1 aliphatic carbocycles. The van der Waals surface area contributed by atoms with Crippen molar-refractivity contribution in [3.8, 4) is 0 Å². The van der Waals surface area contributed by atoms with Gasteiger partial charge in [0.05, 0.1) is 0 Å². The van der Waals surface area contributed by atoms with Gasteiger partial charge in [0.25, 0.3) is 0 Å². The van der Waals surface area contributed by atoms with Crippen LogP contribution in [0, 0.1) is 17.8 Å². The van der Waals surface area contributed by atoms with Crippen molar-refractivity contribution >= 4 is 0 Å². The molecule has 1 aromatic rings. The third kappa shape index (κ3) is 4.84. The fraction of sp³-hybridized carbons (Fsp3) is 0.833. The highest BCUT2D eigenvalue weighted by Crippen LogP contribution is 2.35. The van der Waals surface area contributed by atoms with Crippen molar-refractivity contribution in [2.24, 2.45) is 17.8 Å². The van der Waals surface area contributed by atoms with Crippen LogP contribution in [0.1, 0.15) is 59.7 Å². The lowest BCUT2D eigenvalue weighted by Crippen LogP contribution is -2.42. The second kappa shape index (κ2) is 6.95. The molecule has 0 radical (unpaired) electrons. The summed E-state index contributed by atoms with van der Waals surface area (Å²) in [7, 11) is 0. The van der Waals surface area contributed by atoms with Crippen molar-refractivity contribution < 1.29 is 0 Å². The van der Waals surface area contributed by atoms with Gasteiger partial charge in [-0.15, -0.1) is 0 Å². The number of nitrogens with zero attached hydrogens (tertiary/aromatic N) is 2. The topological polar surface area (TPSA) is 29.9 Å². The molecule has 1 N–H and O–H groups in total. The van der Waals surface area contributed by atoms with Gasteiger partial charge in [0, 0.05) is 30.9 Å². The molecule has 120 valence electrons. The Hall–Kier alpha value is -0.830. The summed E-state index contributed by atoms with van der Waals surface area (Å²) in [4.78, 5) is 4.59. The molecule has 3 atom stereocenters. The zero-order chi connectivity index (χ0) is 15.5. The standard InChI is InChI=1S/C18H33N3/c1-6-21-10-9-19-17(21)12-16-11-14(2)7-8-15(16)13-20-18(3,4)5/h9-10,14-16,20H,6-8,11-13H2,1-5H3. The average Bonchev–Trinajstić information content (AvgIpc) is 2.84. The first kappa shape index (κ1) is 16.5. The van der Waals surface area contributed by atoms with Gasteiger partial charge < -0.3 is 9.88 Å². The van der Waals surface area contributed by atoms with Gasteiger partial charge in [0.15, 0.2) is 0 Å². The Morgan fingerprint density at radius 3 is 2.71 bits per heavy atom. The number of aryl methyl sites for hydroxylation is 1. The van der Waals surface area contributed by atoms with E-state index in [-0.39, 0.29) is 5.54 Å². The zero-order valence-corrected chi connectivity index (χ0v) is 14.5. The van der Waals surface area contributed by atoms with E-state index in [1.165, 1.54) is 25.1 Å². The van der Waals surface area contributed by atoms with Gasteiger partial charge in [-0.3, -0.25) is 0 Å². The van der Waals surface area contributed by atoms with Crippen LogP contribution in [0.25, 0.3) is 0 Å². The van der Waals surface area contributed by atoms with Gasteiger partial charge in [-0.2, -0.15) is 0 Å². The van der Waals surface area contributed by atoms with E-state index < -0.39 is 0 Å². The summed E-state index contributed by atoms with van der Waals surface area (Å²) >= 11 is 0. The van der Waals surface area contributed by atoms with Gasteiger partial charge in [-0.1, -0.05) is 13.3 Å². The molecular weight excluding hydrogens is 258 g/mol. The average molecular weight is 291 g/mol. The quantitative estimate of drug-likeness (QED) is 0.892. The number of hydrogen-bond donors (Lipinski definition) is 1. The normalized spacial score (nSPS) is 27.0. The Bertz CT molecular complexity index is 430. The first-order valence-corrected chi connectivity index (χ1v) is 8.64. The molecule has 0 spiro atoms. The first-order valence-electron chi connectivity index (χ1n) is 8.64. The van der Waals surface area contributed by atoms with Gasteiger partial charge in [-0.05, 0) is 64.8 Å². The number of imidazole rings is 1. The third-order valence-electron chi connectivity index (χ3n) is 4.88. The maximum atomic E-state index is 4.59. The predicted molar refractivity (Wildman–Crippen MR) is 89.4 cm³/mol. The van der Waals surface area contributed by atoms with E-state index in [0.29, 0.717) is 0 Å². The Morgan fingerprint density at radius 2 is 2.05 bits per heavy atom. The molecule has 3 nitrogen and oxygen atoms in total. The monoisotopic (exact) mass is 291 g/mol. The summed E-state index contributed by atoms with van der Waals surface area (Å²) in [5, 5.41) is 3.72. The molecule has 2 rings (SSSR count). The molecule has 1 aliphatic rings. The highest BCUT2D eigenvalue weighted by molar-refractivity contribution is 4.96. The minimum absolute atomic E-state index is 0.218. The van der Waals surface area contributed by atoms with Crippen LogP contribution in [0.2, 0.25) is 0 Å². The van der Waals surface area contributed by atoms with Crippen molar-refractivity contribution in [1.82, 2.24) is 14.9 Å². The van der Waals surface area contributed by atoms with Crippen LogP contribution in [0.5, 0.6) is 0 Å². The molecule has 0 bridgehead atoms. The lowest BCUT2D eigenvalue weighted by atomic mass is 9.73. The summed E-state index contributed by atoms with van der Waals surface area (Å²) in [6, 6.07) is 0. The van der Waals surface area contributed by atoms with E-state index in [2.05, 4.69) is 55.7 Å². The first-order chi connectivity index (χ1) is 9.89. The van der Waals surface area contributed by atoms with Crippen LogP contribution >= 0.6 is 0 Å². The molecule has 1 fully saturated rings. The Morgan fingerprint density at radius 1 is 1.29 bits per heavy atom. The number of nitrogens with one attached hydrogen (secondary N) is 1. The Kier molecular flexibility index (Phi) is 5.48. The molecule has 1 heterocycles. The van der Waals surface area contributed by atoms with Crippen LogP contribution in [0.4, 0.5) is 0 Å². The van der Waals surface area contributed by atoms with E-state index in [0.717, 1.165) is 37.3 Å². The van der Waals surface area contributed by atoms with Crippen LogP contribution in [-0.4, -0.2) is 21.6 Å². The summed E-state index contributed by atoms with van der Waals surface area (Å²) in [6.45, 7) is 13.6. The molecule has 0 aliphatic heterocycles. The highest BCUT2D eigenvalue weighted by Gasteiger charge is 2.30. The minimum Gasteiger partial charge on any atom is -0.335 e. The smallest absolute Gasteiger partial charge is 0.108 e. The lowest BCUT2D eigenvalue weighted by molar-refractivity contribution is 0.171. The number of aromatic nitrogens is 2. The van der Waals surface area contributed by atoms with Crippen LogP contribution in [0.3, 0.4) is 0 Å². The van der Waals surface area contributed by atoms with Gasteiger partial charge in [-0.25, -0.2) is 4.98 Å². The second-order valence-electron chi connectivity index (χ2n) is 7.90. The summed E-state index contributed by atoms with van der Waals surface area (Å²) in [5.74, 6) is 3.71. The van der Waals surface area contributed by atoms with E-state index in [4.69, 9.17) is 0 Å². The van der Waals surface area contributed by atoms with Gasteiger partial charge in [0.2, 0.25) is 0 Å². The molecule has 1 saturated carbocycles. The Labute approximate surface area is 130 Å². The van der Waals surface area contributed by atoms with Gasteiger partial charge >= 0.3 is 0 Å². The fourth-order valence-corrected chi connectivity index (χ4v) is 3.57. The molecule has 21 heavy (non-hydrogen) atoms. The molecule has 0 amide bonds. The van der Waals surface area contributed by atoms with E-state index in [9.17, 15) is 0 Å². The predicted octanol–water partition coefficient (Wildman–Crippen LogP) is 3.89. The van der Waals surface area contributed by atoms with E-state index in [1.807, 2.05) is 6.20 Å². The molecule has 0 aromatic carbocycles. The lowest BCUT2D eigenvalue weighted by Gasteiger charge is -2.36. The van der Waals surface area contributed by atoms with E-state index >= 15 is 0 Å². The van der Waals surface area contributed by atoms with Crippen LogP contribution in [-0.2, 0) is 13.0 Å². The molecule has 1 aromatic heterocycles. The van der Waals surface area contributed by atoms with Gasteiger partial charge in [0.1, 0.15) is 5.82 Å². The highest BCUT2D eigenvalue weighted by atomic mass is 15.1. The minimum atomic E-state index is 0.218. The van der Waals surface area contributed by atoms with Crippen molar-refractivity contribution in [2.45, 2.75) is 72.4 Å². The largest absolute Gasteiger partial charge is 0.335 e. The van der Waals surface area contributed by atoms with Crippen molar-refractivity contribution in [2.75, 3.05) is 6.54 Å². The maximum absolute atomic E-state index is 4.59. The molecule has 3 unspecified atom stereocenters. The fourth-order valence-electron chi connectivity index (χ4n) is 3.57. The third-order valence-corrected chi connectivity index (χ3v) is 4.88. The molecule has 3 heteroatoms. The van der Waals surface area contributed by atoms with Crippen LogP contribution in [0.15, 0.2) is 12.4 Å². The Balaban J connectivity index is 2.01. The maximum Gasteiger partial charge on any atom is 0.108 e. The number of hydrogen-bond acceptors (Lipinski definition) is 2. The van der Waals surface area contributed by atoms with E-state index in [1.54, 1.807) is 0 Å². The zero-order valence-electron chi connectivity index (χ0n) is 14.5. The van der Waals surface area contributed by atoms with Crippen molar-refractivity contribution in [1.29, 1.82) is 0 Å². The summed E-state index contributed by atoms with van der Waals surface area (Å²) < 4.78 is 2.30. The number of rotatable bonds is 5. The van der Waals surface area contributed by atoms with Crippen molar-refractivity contribution in [3.05, 3.63) is 18.2 Å². The molecular formula is C18H33N3. The van der Waals surface area contributed by atoms with Crippen molar-refractivity contribution in [3.63, 3.8) is 0 Å². The SMILES string of the molecule is CCn1ccnc1CC1CC(C)CCC1CNC(C)(C)C. The van der Waals surface area contributed by atoms with Crippen LogP contribution < -0.4 is 5.32 Å². The molecule has 0 saturated heterocycles.